The number of hydrogen-bond acceptors (Lipinski definition) is 3. The van der Waals surface area contributed by atoms with E-state index < -0.39 is 6.04 Å². The fourth-order valence-electron chi connectivity index (χ4n) is 2.88. The molecule has 1 amide bonds. The third kappa shape index (κ3) is 6.45. The standard InChI is InChI=1S/C22H28N2O2/c1-4-18-10-12-20(13-11-18)15-24(3)16-22(26)23-21(17(2)25)14-19-8-6-5-7-9-19/h5-13,21H,4,14-16H2,1-3H3,(H,23,26)/t21-/m0/s1. The van der Waals surface area contributed by atoms with Crippen LogP contribution in [-0.4, -0.2) is 36.2 Å². The normalized spacial score (nSPS) is 12.0. The maximum Gasteiger partial charge on any atom is 0.234 e. The average Bonchev–Trinajstić information content (AvgIpc) is 2.62. The molecule has 0 heterocycles. The van der Waals surface area contributed by atoms with Crippen molar-refractivity contribution in [3.8, 4) is 0 Å². The molecular weight excluding hydrogens is 324 g/mol. The van der Waals surface area contributed by atoms with Crippen LogP contribution in [0.4, 0.5) is 0 Å². The average molecular weight is 352 g/mol. The molecule has 2 aromatic carbocycles. The van der Waals surface area contributed by atoms with Gasteiger partial charge in [-0.15, -0.1) is 0 Å². The number of nitrogens with zero attached hydrogens (tertiary/aromatic N) is 1. The van der Waals surface area contributed by atoms with E-state index in [2.05, 4.69) is 36.5 Å². The second kappa shape index (κ2) is 9.88. The largest absolute Gasteiger partial charge is 0.345 e. The van der Waals surface area contributed by atoms with Crippen molar-refractivity contribution in [2.45, 2.75) is 39.3 Å². The van der Waals surface area contributed by atoms with Crippen molar-refractivity contribution in [3.05, 3.63) is 71.3 Å². The Morgan fingerprint density at radius 2 is 1.58 bits per heavy atom. The molecule has 2 aromatic rings. The summed E-state index contributed by atoms with van der Waals surface area (Å²) in [6.07, 6.45) is 1.54. The molecule has 0 bridgehead atoms. The fourth-order valence-corrected chi connectivity index (χ4v) is 2.88. The molecule has 0 aromatic heterocycles. The first-order valence-electron chi connectivity index (χ1n) is 9.08. The lowest BCUT2D eigenvalue weighted by atomic mass is 10.0. The minimum Gasteiger partial charge on any atom is -0.345 e. The van der Waals surface area contributed by atoms with Crippen LogP contribution in [0.3, 0.4) is 0 Å². The Balaban J connectivity index is 1.87. The molecule has 0 aliphatic rings. The maximum atomic E-state index is 12.3. The summed E-state index contributed by atoms with van der Waals surface area (Å²) in [4.78, 5) is 26.2. The molecule has 4 nitrogen and oxygen atoms in total. The van der Waals surface area contributed by atoms with E-state index in [1.165, 1.54) is 18.1 Å². The Kier molecular flexibility index (Phi) is 7.54. The van der Waals surface area contributed by atoms with Gasteiger partial charge in [-0.1, -0.05) is 61.5 Å². The first-order chi connectivity index (χ1) is 12.5. The minimum absolute atomic E-state index is 0.0278. The van der Waals surface area contributed by atoms with E-state index in [-0.39, 0.29) is 18.2 Å². The fraction of sp³-hybridized carbons (Fsp3) is 0.364. The van der Waals surface area contributed by atoms with E-state index in [1.807, 2.05) is 42.3 Å². The van der Waals surface area contributed by atoms with Gasteiger partial charge in [0, 0.05) is 6.54 Å². The number of benzene rings is 2. The third-order valence-electron chi connectivity index (χ3n) is 4.41. The predicted octanol–water partition coefficient (Wildman–Crippen LogP) is 3.00. The van der Waals surface area contributed by atoms with Gasteiger partial charge >= 0.3 is 0 Å². The van der Waals surface area contributed by atoms with Crippen molar-refractivity contribution in [2.75, 3.05) is 13.6 Å². The molecule has 0 saturated heterocycles. The Morgan fingerprint density at radius 3 is 2.15 bits per heavy atom. The van der Waals surface area contributed by atoms with Crippen molar-refractivity contribution >= 4 is 11.7 Å². The summed E-state index contributed by atoms with van der Waals surface area (Å²) in [5, 5.41) is 2.87. The van der Waals surface area contributed by atoms with Crippen molar-refractivity contribution in [1.29, 1.82) is 0 Å². The molecule has 1 atom stereocenters. The number of hydrogen-bond donors (Lipinski definition) is 1. The van der Waals surface area contributed by atoms with Crippen LogP contribution in [-0.2, 0) is 29.0 Å². The van der Waals surface area contributed by atoms with E-state index in [4.69, 9.17) is 0 Å². The summed E-state index contributed by atoms with van der Waals surface area (Å²) in [6, 6.07) is 17.7. The van der Waals surface area contributed by atoms with E-state index in [0.29, 0.717) is 13.0 Å². The van der Waals surface area contributed by atoms with Gasteiger partial charge in [-0.2, -0.15) is 0 Å². The molecule has 1 N–H and O–H groups in total. The van der Waals surface area contributed by atoms with Gasteiger partial charge in [-0.05, 0) is 43.5 Å². The van der Waals surface area contributed by atoms with E-state index in [0.717, 1.165) is 12.0 Å². The molecule has 26 heavy (non-hydrogen) atoms. The first kappa shape index (κ1) is 19.9. The summed E-state index contributed by atoms with van der Waals surface area (Å²) >= 11 is 0. The van der Waals surface area contributed by atoms with Crippen molar-refractivity contribution < 1.29 is 9.59 Å². The molecule has 0 spiro atoms. The monoisotopic (exact) mass is 352 g/mol. The third-order valence-corrected chi connectivity index (χ3v) is 4.41. The molecule has 138 valence electrons. The molecule has 0 unspecified atom stereocenters. The van der Waals surface area contributed by atoms with Crippen LogP contribution >= 0.6 is 0 Å². The van der Waals surface area contributed by atoms with Crippen molar-refractivity contribution in [3.63, 3.8) is 0 Å². The topological polar surface area (TPSA) is 49.4 Å². The smallest absolute Gasteiger partial charge is 0.234 e. The second-order valence-corrected chi connectivity index (χ2v) is 6.76. The van der Waals surface area contributed by atoms with Gasteiger partial charge in [-0.25, -0.2) is 0 Å². The highest BCUT2D eigenvalue weighted by Crippen LogP contribution is 2.08. The van der Waals surface area contributed by atoms with E-state index in [1.54, 1.807) is 0 Å². The molecule has 0 aliphatic carbocycles. The van der Waals surface area contributed by atoms with Gasteiger partial charge < -0.3 is 5.32 Å². The summed E-state index contributed by atoms with van der Waals surface area (Å²) in [7, 11) is 1.91. The predicted molar refractivity (Wildman–Crippen MR) is 105 cm³/mol. The number of amides is 1. The second-order valence-electron chi connectivity index (χ2n) is 6.76. The molecule has 4 heteroatoms. The van der Waals surface area contributed by atoms with E-state index >= 15 is 0 Å². The molecule has 0 fully saturated rings. The zero-order chi connectivity index (χ0) is 18.9. The summed E-state index contributed by atoms with van der Waals surface area (Å²) in [5.41, 5.74) is 3.52. The lowest BCUT2D eigenvalue weighted by Crippen LogP contribution is -2.45. The highest BCUT2D eigenvalue weighted by Gasteiger charge is 2.18. The highest BCUT2D eigenvalue weighted by molar-refractivity contribution is 5.88. The maximum absolute atomic E-state index is 12.3. The highest BCUT2D eigenvalue weighted by atomic mass is 16.2. The molecular formula is C22H28N2O2. The summed E-state index contributed by atoms with van der Waals surface area (Å²) in [5.74, 6) is -0.159. The van der Waals surface area contributed by atoms with Crippen molar-refractivity contribution in [1.82, 2.24) is 10.2 Å². The number of carbonyl (C=O) groups is 2. The zero-order valence-corrected chi connectivity index (χ0v) is 15.9. The SMILES string of the molecule is CCc1ccc(CN(C)CC(=O)N[C@@H](Cc2ccccc2)C(C)=O)cc1. The molecule has 0 saturated carbocycles. The number of carbonyl (C=O) groups excluding carboxylic acids is 2. The lowest BCUT2D eigenvalue weighted by molar-refractivity contribution is -0.127. The van der Waals surface area contributed by atoms with Crippen LogP contribution in [0.2, 0.25) is 0 Å². The van der Waals surface area contributed by atoms with Gasteiger partial charge in [0.05, 0.1) is 12.6 Å². The van der Waals surface area contributed by atoms with Crippen molar-refractivity contribution in [2.24, 2.45) is 0 Å². The number of nitrogens with one attached hydrogen (secondary N) is 1. The zero-order valence-electron chi connectivity index (χ0n) is 15.9. The van der Waals surface area contributed by atoms with Gasteiger partial charge in [0.2, 0.25) is 5.91 Å². The summed E-state index contributed by atoms with van der Waals surface area (Å²) < 4.78 is 0. The Hall–Kier alpha value is -2.46. The lowest BCUT2D eigenvalue weighted by Gasteiger charge is -2.20. The number of rotatable bonds is 9. The molecule has 0 aliphatic heterocycles. The Morgan fingerprint density at radius 1 is 0.962 bits per heavy atom. The number of Topliss-reactive ketones (excluding diaryl/α,β-unsaturated/α-hetero) is 1. The van der Waals surface area contributed by atoms with Crippen LogP contribution in [0.5, 0.6) is 0 Å². The van der Waals surface area contributed by atoms with Crippen LogP contribution in [0.25, 0.3) is 0 Å². The minimum atomic E-state index is -0.484. The van der Waals surface area contributed by atoms with Crippen LogP contribution in [0.15, 0.2) is 54.6 Å². The molecule has 2 rings (SSSR count). The number of likely N-dealkylation sites (N-methyl/N-ethyl adjacent to an activating group) is 1. The Labute approximate surface area is 156 Å². The van der Waals surface area contributed by atoms with Crippen LogP contribution in [0.1, 0.15) is 30.5 Å². The first-order valence-corrected chi connectivity index (χ1v) is 9.08. The Bertz CT molecular complexity index is 711. The van der Waals surface area contributed by atoms with Gasteiger partial charge in [0.25, 0.3) is 0 Å². The van der Waals surface area contributed by atoms with Crippen LogP contribution in [0, 0.1) is 0 Å². The van der Waals surface area contributed by atoms with Gasteiger partial charge in [0.15, 0.2) is 5.78 Å². The van der Waals surface area contributed by atoms with Crippen LogP contribution < -0.4 is 5.32 Å². The van der Waals surface area contributed by atoms with Gasteiger partial charge in [-0.3, -0.25) is 14.5 Å². The summed E-state index contributed by atoms with van der Waals surface area (Å²) in [6.45, 7) is 4.61. The number of ketones is 1. The molecule has 0 radical (unpaired) electrons. The number of aryl methyl sites for hydroxylation is 1. The quantitative estimate of drug-likeness (QED) is 0.755. The van der Waals surface area contributed by atoms with E-state index in [9.17, 15) is 9.59 Å². The van der Waals surface area contributed by atoms with Gasteiger partial charge in [0.1, 0.15) is 0 Å².